The van der Waals surface area contributed by atoms with E-state index in [9.17, 15) is 4.79 Å². The van der Waals surface area contributed by atoms with E-state index in [-0.39, 0.29) is 11.6 Å². The minimum Gasteiger partial charge on any atom is -0.443 e. The number of rotatable bonds is 2. The van der Waals surface area contributed by atoms with Crippen LogP contribution in [-0.2, 0) is 9.47 Å². The molecule has 3 aliphatic rings. The average Bonchev–Trinajstić information content (AvgIpc) is 2.29. The first kappa shape index (κ1) is 13.4. The molecule has 0 N–H and O–H groups in total. The van der Waals surface area contributed by atoms with Crippen molar-refractivity contribution in [3.63, 3.8) is 0 Å². The SMILES string of the molecule is C=CN(C(=O)OC(C)(C)C)C12CCC(CC1)OC2. The van der Waals surface area contributed by atoms with Gasteiger partial charge in [0, 0.05) is 6.20 Å². The minimum absolute atomic E-state index is 0.237. The van der Waals surface area contributed by atoms with Crippen LogP contribution in [0.25, 0.3) is 0 Å². The Morgan fingerprint density at radius 3 is 2.44 bits per heavy atom. The normalized spacial score (nSPS) is 30.9. The minimum atomic E-state index is -0.484. The molecular formula is C14H23NO3. The van der Waals surface area contributed by atoms with E-state index in [4.69, 9.17) is 9.47 Å². The molecule has 2 aliphatic heterocycles. The molecule has 0 atom stereocenters. The highest BCUT2D eigenvalue weighted by molar-refractivity contribution is 5.70. The van der Waals surface area contributed by atoms with Gasteiger partial charge in [0.25, 0.3) is 0 Å². The van der Waals surface area contributed by atoms with Crippen LogP contribution in [0.1, 0.15) is 46.5 Å². The number of ether oxygens (including phenoxy) is 2. The number of carbonyl (C=O) groups excluding carboxylic acids is 1. The molecule has 2 heterocycles. The zero-order valence-electron chi connectivity index (χ0n) is 11.6. The predicted molar refractivity (Wildman–Crippen MR) is 69.2 cm³/mol. The highest BCUT2D eigenvalue weighted by Crippen LogP contribution is 2.41. The Kier molecular flexibility index (Phi) is 3.41. The van der Waals surface area contributed by atoms with Crippen molar-refractivity contribution in [1.29, 1.82) is 0 Å². The lowest BCUT2D eigenvalue weighted by Crippen LogP contribution is -2.59. The van der Waals surface area contributed by atoms with E-state index in [1.807, 2.05) is 20.8 Å². The fourth-order valence-electron chi connectivity index (χ4n) is 2.80. The molecule has 2 bridgehead atoms. The first-order valence-corrected chi connectivity index (χ1v) is 6.63. The Morgan fingerprint density at radius 1 is 1.44 bits per heavy atom. The number of amides is 1. The van der Waals surface area contributed by atoms with E-state index in [0.29, 0.717) is 12.7 Å². The van der Waals surface area contributed by atoms with Crippen LogP contribution < -0.4 is 0 Å². The Balaban J connectivity index is 2.12. The molecule has 1 saturated carbocycles. The zero-order valence-corrected chi connectivity index (χ0v) is 11.6. The van der Waals surface area contributed by atoms with Crippen LogP contribution >= 0.6 is 0 Å². The molecule has 3 rings (SSSR count). The molecule has 2 saturated heterocycles. The smallest absolute Gasteiger partial charge is 0.414 e. The quantitative estimate of drug-likeness (QED) is 0.759. The third kappa shape index (κ3) is 2.53. The lowest BCUT2D eigenvalue weighted by atomic mass is 9.77. The highest BCUT2D eigenvalue weighted by atomic mass is 16.6. The summed E-state index contributed by atoms with van der Waals surface area (Å²) in [5.74, 6) is 0. The number of hydrogen-bond acceptors (Lipinski definition) is 3. The van der Waals surface area contributed by atoms with Crippen LogP contribution in [0, 0.1) is 0 Å². The molecule has 0 aromatic heterocycles. The van der Waals surface area contributed by atoms with Gasteiger partial charge in [0.15, 0.2) is 0 Å². The summed E-state index contributed by atoms with van der Waals surface area (Å²) in [6.07, 6.45) is 5.65. The fourth-order valence-corrected chi connectivity index (χ4v) is 2.80. The van der Waals surface area contributed by atoms with Gasteiger partial charge in [0.1, 0.15) is 5.60 Å². The molecule has 3 fully saturated rings. The van der Waals surface area contributed by atoms with Gasteiger partial charge in [-0.05, 0) is 46.5 Å². The van der Waals surface area contributed by atoms with Gasteiger partial charge in [0.2, 0.25) is 0 Å². The average molecular weight is 253 g/mol. The summed E-state index contributed by atoms with van der Waals surface area (Å²) < 4.78 is 11.2. The fraction of sp³-hybridized carbons (Fsp3) is 0.786. The Hall–Kier alpha value is -1.03. The molecule has 1 amide bonds. The third-order valence-corrected chi connectivity index (χ3v) is 3.73. The Labute approximate surface area is 109 Å². The molecule has 0 spiro atoms. The van der Waals surface area contributed by atoms with E-state index in [1.54, 1.807) is 11.1 Å². The summed E-state index contributed by atoms with van der Waals surface area (Å²) in [4.78, 5) is 13.9. The van der Waals surface area contributed by atoms with E-state index in [2.05, 4.69) is 6.58 Å². The second-order valence-corrected chi connectivity index (χ2v) is 6.27. The lowest BCUT2D eigenvalue weighted by Gasteiger charge is -2.50. The predicted octanol–water partition coefficient (Wildman–Crippen LogP) is 3.08. The van der Waals surface area contributed by atoms with E-state index >= 15 is 0 Å². The Morgan fingerprint density at radius 2 is 2.06 bits per heavy atom. The van der Waals surface area contributed by atoms with Gasteiger partial charge in [-0.25, -0.2) is 4.79 Å². The molecule has 0 aromatic rings. The maximum atomic E-state index is 12.2. The van der Waals surface area contributed by atoms with Crippen LogP contribution in [-0.4, -0.2) is 34.8 Å². The molecule has 102 valence electrons. The third-order valence-electron chi connectivity index (χ3n) is 3.73. The van der Waals surface area contributed by atoms with E-state index in [1.165, 1.54) is 0 Å². The van der Waals surface area contributed by atoms with Gasteiger partial charge in [0.05, 0.1) is 18.2 Å². The van der Waals surface area contributed by atoms with Crippen molar-refractivity contribution in [1.82, 2.24) is 4.90 Å². The van der Waals surface area contributed by atoms with Crippen LogP contribution in [0.5, 0.6) is 0 Å². The molecule has 0 radical (unpaired) electrons. The van der Waals surface area contributed by atoms with Gasteiger partial charge in [-0.3, -0.25) is 4.90 Å². The van der Waals surface area contributed by atoms with Crippen LogP contribution in [0.2, 0.25) is 0 Å². The van der Waals surface area contributed by atoms with Gasteiger partial charge in [-0.15, -0.1) is 0 Å². The lowest BCUT2D eigenvalue weighted by molar-refractivity contribution is -0.121. The standard InChI is InChI=1S/C14H23NO3/c1-5-15(12(16)18-13(2,3)4)14-8-6-11(7-9-14)17-10-14/h5,11H,1,6-10H2,2-4H3. The van der Waals surface area contributed by atoms with Gasteiger partial charge < -0.3 is 9.47 Å². The van der Waals surface area contributed by atoms with Crippen molar-refractivity contribution in [3.8, 4) is 0 Å². The number of hydrogen-bond donors (Lipinski definition) is 0. The molecule has 4 heteroatoms. The Bertz CT molecular complexity index is 324. The maximum Gasteiger partial charge on any atom is 0.414 e. The number of nitrogens with zero attached hydrogens (tertiary/aromatic N) is 1. The van der Waals surface area contributed by atoms with Crippen LogP contribution in [0.4, 0.5) is 4.79 Å². The first-order valence-electron chi connectivity index (χ1n) is 6.63. The van der Waals surface area contributed by atoms with Crippen molar-refractivity contribution in [3.05, 3.63) is 12.8 Å². The van der Waals surface area contributed by atoms with Crippen molar-refractivity contribution >= 4 is 6.09 Å². The number of fused-ring (bicyclic) bond motifs is 3. The van der Waals surface area contributed by atoms with Gasteiger partial charge in [-0.1, -0.05) is 6.58 Å². The molecule has 0 aromatic carbocycles. The molecule has 0 unspecified atom stereocenters. The summed E-state index contributed by atoms with van der Waals surface area (Å²) >= 11 is 0. The molecule has 1 aliphatic carbocycles. The molecule has 18 heavy (non-hydrogen) atoms. The second-order valence-electron chi connectivity index (χ2n) is 6.27. The molecular weight excluding hydrogens is 230 g/mol. The summed E-state index contributed by atoms with van der Waals surface area (Å²) in [5, 5.41) is 0. The van der Waals surface area contributed by atoms with Crippen molar-refractivity contribution < 1.29 is 14.3 Å². The largest absolute Gasteiger partial charge is 0.443 e. The maximum absolute atomic E-state index is 12.2. The van der Waals surface area contributed by atoms with E-state index in [0.717, 1.165) is 25.7 Å². The van der Waals surface area contributed by atoms with Crippen molar-refractivity contribution in [2.75, 3.05) is 6.61 Å². The topological polar surface area (TPSA) is 38.8 Å². The summed E-state index contributed by atoms with van der Waals surface area (Å²) in [5.41, 5.74) is -0.722. The van der Waals surface area contributed by atoms with Crippen molar-refractivity contribution in [2.45, 2.75) is 63.7 Å². The van der Waals surface area contributed by atoms with Gasteiger partial charge in [-0.2, -0.15) is 0 Å². The van der Waals surface area contributed by atoms with Gasteiger partial charge >= 0.3 is 6.09 Å². The van der Waals surface area contributed by atoms with Crippen molar-refractivity contribution in [2.24, 2.45) is 0 Å². The molecule has 4 nitrogen and oxygen atoms in total. The zero-order chi connectivity index (χ0) is 13.4. The van der Waals surface area contributed by atoms with E-state index < -0.39 is 5.60 Å². The summed E-state index contributed by atoms with van der Waals surface area (Å²) in [6, 6.07) is 0. The second kappa shape index (κ2) is 4.57. The van der Waals surface area contributed by atoms with Crippen LogP contribution in [0.15, 0.2) is 12.8 Å². The van der Waals surface area contributed by atoms with Crippen LogP contribution in [0.3, 0.4) is 0 Å². The number of carbonyl (C=O) groups is 1. The monoisotopic (exact) mass is 253 g/mol. The highest BCUT2D eigenvalue weighted by Gasteiger charge is 2.47. The summed E-state index contributed by atoms with van der Waals surface area (Å²) in [7, 11) is 0. The summed E-state index contributed by atoms with van der Waals surface area (Å²) in [6.45, 7) is 9.99. The first-order chi connectivity index (χ1) is 8.36.